The van der Waals surface area contributed by atoms with Crippen molar-refractivity contribution < 1.29 is 10.2 Å². The van der Waals surface area contributed by atoms with Gasteiger partial charge in [-0.1, -0.05) is 69.4 Å². The van der Waals surface area contributed by atoms with Gasteiger partial charge in [-0.25, -0.2) is 0 Å². The number of rotatable bonds is 9. The molecule has 0 amide bonds. The van der Waals surface area contributed by atoms with Crippen LogP contribution in [0.3, 0.4) is 0 Å². The summed E-state index contributed by atoms with van der Waals surface area (Å²) in [4.78, 5) is 2.37. The third-order valence-corrected chi connectivity index (χ3v) is 13.3. The molecule has 0 spiro atoms. The van der Waals surface area contributed by atoms with Gasteiger partial charge in [0.15, 0.2) is 0 Å². The van der Waals surface area contributed by atoms with Crippen molar-refractivity contribution in [3.8, 4) is 0 Å². The van der Waals surface area contributed by atoms with E-state index in [0.29, 0.717) is 36.1 Å². The number of nitrogens with one attached hydrogen (secondary N) is 4. The summed E-state index contributed by atoms with van der Waals surface area (Å²) in [5.41, 5.74) is 1.43. The Bertz CT molecular complexity index is 920. The fraction of sp³-hybridized carbons (Fsp3) is 0.946. The van der Waals surface area contributed by atoms with E-state index in [1.807, 2.05) is 0 Å². The molecule has 1 heterocycles. The van der Waals surface area contributed by atoms with E-state index in [2.05, 4.69) is 53.3 Å². The van der Waals surface area contributed by atoms with E-state index in [-0.39, 0.29) is 18.1 Å². The van der Waals surface area contributed by atoms with Crippen molar-refractivity contribution >= 4 is 0 Å². The second kappa shape index (κ2) is 15.6. The molecular formula is C37H67N5O2. The first-order valence-electron chi connectivity index (χ1n) is 19.1. The number of hydrogen-bond donors (Lipinski definition) is 6. The summed E-state index contributed by atoms with van der Waals surface area (Å²) < 4.78 is 0. The van der Waals surface area contributed by atoms with Crippen molar-refractivity contribution in [2.24, 2.45) is 35.5 Å². The number of aliphatic hydroxyl groups excluding tert-OH is 2. The molecule has 1 aliphatic heterocycles. The summed E-state index contributed by atoms with van der Waals surface area (Å²) in [5, 5.41) is 38.5. The van der Waals surface area contributed by atoms with Crippen molar-refractivity contribution in [1.29, 1.82) is 0 Å². The van der Waals surface area contributed by atoms with Crippen LogP contribution in [-0.4, -0.2) is 72.1 Å². The lowest BCUT2D eigenvalue weighted by Gasteiger charge is -2.49. The fourth-order valence-corrected chi connectivity index (χ4v) is 11.0. The third kappa shape index (κ3) is 7.94. The highest BCUT2D eigenvalue weighted by atomic mass is 16.3. The molecule has 44 heavy (non-hydrogen) atoms. The molecule has 0 radical (unpaired) electrons. The van der Waals surface area contributed by atoms with Crippen molar-refractivity contribution in [3.63, 3.8) is 0 Å². The summed E-state index contributed by atoms with van der Waals surface area (Å²) in [6.07, 6.45) is 25.7. The Balaban J connectivity index is 0.986. The molecule has 7 heteroatoms. The summed E-state index contributed by atoms with van der Waals surface area (Å²) >= 11 is 0. The molecule has 6 rings (SSSR count). The molecular weight excluding hydrogens is 546 g/mol. The van der Waals surface area contributed by atoms with Gasteiger partial charge in [-0.3, -0.25) is 26.2 Å². The number of allylic oxidation sites excluding steroid dienone is 1. The van der Waals surface area contributed by atoms with Crippen LogP contribution in [0.5, 0.6) is 0 Å². The smallest absolute Gasteiger partial charge is 0.113 e. The van der Waals surface area contributed by atoms with Crippen molar-refractivity contribution in [3.05, 3.63) is 11.6 Å². The van der Waals surface area contributed by atoms with Crippen molar-refractivity contribution in [2.45, 2.75) is 172 Å². The molecule has 5 aliphatic carbocycles. The fourth-order valence-electron chi connectivity index (χ4n) is 11.0. The van der Waals surface area contributed by atoms with Crippen LogP contribution in [0.4, 0.5) is 0 Å². The van der Waals surface area contributed by atoms with Gasteiger partial charge in [0.05, 0.1) is 12.3 Å². The highest BCUT2D eigenvalue weighted by Crippen LogP contribution is 2.47. The Morgan fingerprint density at radius 3 is 2.11 bits per heavy atom. The maximum Gasteiger partial charge on any atom is 0.113 e. The zero-order chi connectivity index (χ0) is 30.6. The molecule has 7 nitrogen and oxygen atoms in total. The lowest BCUT2D eigenvalue weighted by atomic mass is 9.63. The quantitative estimate of drug-likeness (QED) is 0.153. The van der Waals surface area contributed by atoms with Crippen LogP contribution >= 0.6 is 0 Å². The molecule has 6 aliphatic rings. The molecule has 11 atom stereocenters. The first-order valence-corrected chi connectivity index (χ1v) is 19.1. The molecule has 0 bridgehead atoms. The SMILES string of the molecule is C/C(=C/C(O)C1CCCCC1C(O)NC1CCC(NC2NC3CCCCC3C(N(C)C)N2)CC1)C1CCCC2CCCCC21. The minimum atomic E-state index is -0.527. The van der Waals surface area contributed by atoms with Crippen LogP contribution in [0.25, 0.3) is 0 Å². The number of aliphatic hydroxyl groups is 2. The van der Waals surface area contributed by atoms with E-state index in [1.54, 1.807) is 0 Å². The molecule has 0 aromatic carbocycles. The van der Waals surface area contributed by atoms with Crippen LogP contribution in [0.2, 0.25) is 0 Å². The Morgan fingerprint density at radius 1 is 0.705 bits per heavy atom. The molecule has 0 aromatic rings. The monoisotopic (exact) mass is 614 g/mol. The van der Waals surface area contributed by atoms with Gasteiger partial charge in [0.25, 0.3) is 0 Å². The van der Waals surface area contributed by atoms with Crippen LogP contribution in [0.15, 0.2) is 11.6 Å². The van der Waals surface area contributed by atoms with E-state index in [0.717, 1.165) is 56.8 Å². The number of nitrogens with zero attached hydrogens (tertiary/aromatic N) is 1. The lowest BCUT2D eigenvalue weighted by molar-refractivity contribution is -0.0239. The first-order chi connectivity index (χ1) is 21.4. The van der Waals surface area contributed by atoms with Crippen LogP contribution in [-0.2, 0) is 0 Å². The molecule has 5 saturated carbocycles. The van der Waals surface area contributed by atoms with Gasteiger partial charge in [0.2, 0.25) is 0 Å². The second-order valence-corrected chi connectivity index (χ2v) is 16.3. The topological polar surface area (TPSA) is 91.8 Å². The number of fused-ring (bicyclic) bond motifs is 2. The maximum absolute atomic E-state index is 11.6. The summed E-state index contributed by atoms with van der Waals surface area (Å²) in [6, 6.07) is 1.46. The average molecular weight is 614 g/mol. The van der Waals surface area contributed by atoms with E-state index in [9.17, 15) is 10.2 Å². The molecule has 6 fully saturated rings. The third-order valence-electron chi connectivity index (χ3n) is 13.3. The van der Waals surface area contributed by atoms with Crippen LogP contribution in [0, 0.1) is 35.5 Å². The zero-order valence-electron chi connectivity index (χ0n) is 28.4. The Kier molecular flexibility index (Phi) is 11.8. The second-order valence-electron chi connectivity index (χ2n) is 16.3. The van der Waals surface area contributed by atoms with E-state index in [1.165, 1.54) is 82.6 Å². The minimum absolute atomic E-state index is 0.134. The summed E-state index contributed by atoms with van der Waals surface area (Å²) in [7, 11) is 4.42. The summed E-state index contributed by atoms with van der Waals surface area (Å²) in [5.74, 6) is 3.39. The molecule has 6 N–H and O–H groups in total. The predicted octanol–water partition coefficient (Wildman–Crippen LogP) is 5.44. The van der Waals surface area contributed by atoms with Crippen LogP contribution in [0.1, 0.15) is 129 Å². The normalized spacial score (nSPS) is 43.6. The van der Waals surface area contributed by atoms with E-state index in [4.69, 9.17) is 0 Å². The van der Waals surface area contributed by atoms with E-state index >= 15 is 0 Å². The maximum atomic E-state index is 11.6. The van der Waals surface area contributed by atoms with Gasteiger partial charge in [0.1, 0.15) is 12.5 Å². The molecule has 1 saturated heterocycles. The first kappa shape index (κ1) is 33.4. The highest BCUT2D eigenvalue weighted by molar-refractivity contribution is 5.12. The van der Waals surface area contributed by atoms with Gasteiger partial charge in [-0.15, -0.1) is 0 Å². The van der Waals surface area contributed by atoms with Gasteiger partial charge in [0, 0.05) is 30.0 Å². The van der Waals surface area contributed by atoms with E-state index < -0.39 is 12.3 Å². The zero-order valence-corrected chi connectivity index (χ0v) is 28.4. The molecule has 0 aromatic heterocycles. The van der Waals surface area contributed by atoms with Gasteiger partial charge in [-0.2, -0.15) is 0 Å². The van der Waals surface area contributed by atoms with Gasteiger partial charge >= 0.3 is 0 Å². The van der Waals surface area contributed by atoms with Gasteiger partial charge < -0.3 is 10.2 Å². The summed E-state index contributed by atoms with van der Waals surface area (Å²) in [6.45, 7) is 2.30. The highest BCUT2D eigenvalue weighted by Gasteiger charge is 2.41. The molecule has 11 unspecified atom stereocenters. The standard InChI is InChI=1S/C37H67N5O2/c1-24(28-17-10-12-25-11-4-5-13-29(25)28)23-34(43)30-14-6-7-15-31(30)36(44)38-26-19-21-27(22-20-26)39-37-40-33-18-9-8-16-32(33)35(41-37)42(2)3/h23,25-41,43-44H,4-22H2,1-3H3/b24-23-. The largest absolute Gasteiger partial charge is 0.389 e. The molecule has 252 valence electrons. The van der Waals surface area contributed by atoms with Gasteiger partial charge in [-0.05, 0) is 109 Å². The Hall–Kier alpha value is -0.540. The predicted molar refractivity (Wildman–Crippen MR) is 180 cm³/mol. The Morgan fingerprint density at radius 2 is 1.34 bits per heavy atom. The minimum Gasteiger partial charge on any atom is -0.389 e. The average Bonchev–Trinajstić information content (AvgIpc) is 3.04. The number of hydrogen-bond acceptors (Lipinski definition) is 7. The van der Waals surface area contributed by atoms with Crippen LogP contribution < -0.4 is 21.3 Å². The van der Waals surface area contributed by atoms with Crippen molar-refractivity contribution in [2.75, 3.05) is 14.1 Å². The lowest BCUT2D eigenvalue weighted by Crippen LogP contribution is -2.72. The Labute approximate surface area is 269 Å². The van der Waals surface area contributed by atoms with Crippen molar-refractivity contribution in [1.82, 2.24) is 26.2 Å².